The van der Waals surface area contributed by atoms with Crippen LogP contribution in [0.1, 0.15) is 36.8 Å². The molecule has 2 atom stereocenters. The Morgan fingerprint density at radius 3 is 2.11 bits per heavy atom. The first kappa shape index (κ1) is 24.9. The maximum Gasteiger partial charge on any atom is 0.523 e. The molecule has 2 aromatic carbocycles. The molecular weight excluding hydrogens is 509 g/mol. The van der Waals surface area contributed by atoms with E-state index < -0.39 is 21.7 Å². The zero-order chi connectivity index (χ0) is 26.5. The normalized spacial score (nSPS) is 22.6. The Balaban J connectivity index is 1.50. The predicted octanol–water partition coefficient (Wildman–Crippen LogP) is 6.23. The lowest BCUT2D eigenvalue weighted by atomic mass is 9.78. The van der Waals surface area contributed by atoms with E-state index in [0.29, 0.717) is 5.92 Å². The first-order valence-corrected chi connectivity index (χ1v) is 14.0. The molecule has 4 aliphatic rings. The lowest BCUT2D eigenvalue weighted by Crippen LogP contribution is -2.35. The standard InChI is InChI=1S/C31H25F3O3S/c32-31(33,34)38(35,36)37-24-11-7-10-22(19-24)29-25-12-3-5-14-27(25)30(28-15-6-4-13-26(28)29)23-17-16-20-8-1-2-9-21(20)18-23/h1-3,5,7-17,21,24H,4,6,18-19H2. The summed E-state index contributed by atoms with van der Waals surface area (Å²) in [7, 11) is -5.71. The molecule has 0 radical (unpaired) electrons. The molecule has 3 nitrogen and oxygen atoms in total. The molecule has 0 spiro atoms. The fourth-order valence-electron chi connectivity index (χ4n) is 5.82. The SMILES string of the molecule is O=S(=O)(OC1C=CC=C(c2c3c(c(C4=CC=C5C=CC=CC5C4)c4ccccc24)=CCCC=3)C1)C(F)(F)F. The number of hydrogen-bond acceptors (Lipinski definition) is 3. The van der Waals surface area contributed by atoms with E-state index in [-0.39, 0.29) is 6.42 Å². The Morgan fingerprint density at radius 1 is 0.789 bits per heavy atom. The van der Waals surface area contributed by atoms with Crippen molar-refractivity contribution in [1.29, 1.82) is 0 Å². The number of hydrogen-bond donors (Lipinski definition) is 0. The minimum absolute atomic E-state index is 0.0173. The predicted molar refractivity (Wildman–Crippen MR) is 145 cm³/mol. The van der Waals surface area contributed by atoms with Crippen molar-refractivity contribution in [1.82, 2.24) is 0 Å². The lowest BCUT2D eigenvalue weighted by molar-refractivity contribution is -0.0558. The van der Waals surface area contributed by atoms with Crippen LogP contribution in [0.4, 0.5) is 13.2 Å². The van der Waals surface area contributed by atoms with E-state index in [1.807, 2.05) is 24.3 Å². The minimum atomic E-state index is -5.71. The topological polar surface area (TPSA) is 43.4 Å². The summed E-state index contributed by atoms with van der Waals surface area (Å²) < 4.78 is 67.0. The van der Waals surface area contributed by atoms with Gasteiger partial charge in [0, 0.05) is 12.3 Å². The summed E-state index contributed by atoms with van der Waals surface area (Å²) in [5.41, 5.74) is -0.0665. The third-order valence-electron chi connectivity index (χ3n) is 7.47. The van der Waals surface area contributed by atoms with E-state index in [4.69, 9.17) is 0 Å². The molecule has 0 bridgehead atoms. The molecule has 0 amide bonds. The number of rotatable bonds is 4. The van der Waals surface area contributed by atoms with Crippen LogP contribution in [0.15, 0.2) is 84.5 Å². The van der Waals surface area contributed by atoms with Crippen LogP contribution in [-0.4, -0.2) is 20.0 Å². The third kappa shape index (κ3) is 4.33. The van der Waals surface area contributed by atoms with Gasteiger partial charge in [-0.15, -0.1) is 0 Å². The second-order valence-electron chi connectivity index (χ2n) is 9.84. The van der Waals surface area contributed by atoms with Gasteiger partial charge in [0.05, 0.1) is 6.10 Å². The van der Waals surface area contributed by atoms with E-state index in [9.17, 15) is 21.6 Å². The zero-order valence-electron chi connectivity index (χ0n) is 20.4. The number of halogens is 3. The van der Waals surface area contributed by atoms with E-state index in [1.54, 1.807) is 6.08 Å². The molecule has 0 aromatic heterocycles. The maximum atomic E-state index is 13.0. The van der Waals surface area contributed by atoms with Gasteiger partial charge in [-0.3, -0.25) is 4.18 Å². The molecule has 0 fully saturated rings. The van der Waals surface area contributed by atoms with Gasteiger partial charge in [0.2, 0.25) is 0 Å². The molecule has 0 saturated carbocycles. The van der Waals surface area contributed by atoms with Crippen LogP contribution in [-0.2, 0) is 14.3 Å². The van der Waals surface area contributed by atoms with Crippen molar-refractivity contribution in [3.8, 4) is 0 Å². The van der Waals surface area contributed by atoms with Gasteiger partial charge in [-0.05, 0) is 68.3 Å². The van der Waals surface area contributed by atoms with Crippen molar-refractivity contribution in [3.63, 3.8) is 0 Å². The van der Waals surface area contributed by atoms with Crippen LogP contribution in [0.5, 0.6) is 0 Å². The highest BCUT2D eigenvalue weighted by atomic mass is 32.2. The van der Waals surface area contributed by atoms with Crippen LogP contribution in [0, 0.1) is 5.92 Å². The molecular formula is C31H25F3O3S. The summed E-state index contributed by atoms with van der Waals surface area (Å²) in [6.07, 6.45) is 23.5. The van der Waals surface area contributed by atoms with Crippen LogP contribution < -0.4 is 10.4 Å². The molecule has 194 valence electrons. The van der Waals surface area contributed by atoms with Crippen molar-refractivity contribution in [3.05, 3.63) is 106 Å². The van der Waals surface area contributed by atoms with Gasteiger partial charge in [-0.2, -0.15) is 21.6 Å². The Hall–Kier alpha value is -3.42. The van der Waals surface area contributed by atoms with Gasteiger partial charge in [-0.25, -0.2) is 0 Å². The van der Waals surface area contributed by atoms with Gasteiger partial charge in [0.15, 0.2) is 0 Å². The number of fused-ring (bicyclic) bond motifs is 3. The third-order valence-corrected chi connectivity index (χ3v) is 8.53. The summed E-state index contributed by atoms with van der Waals surface area (Å²) in [5.74, 6) is 0.321. The number of benzene rings is 2. The summed E-state index contributed by atoms with van der Waals surface area (Å²) in [6, 6.07) is 8.08. The van der Waals surface area contributed by atoms with Gasteiger partial charge in [-0.1, -0.05) is 91.1 Å². The molecule has 4 aliphatic carbocycles. The van der Waals surface area contributed by atoms with Gasteiger partial charge in [0.1, 0.15) is 0 Å². The van der Waals surface area contributed by atoms with Crippen LogP contribution in [0.3, 0.4) is 0 Å². The van der Waals surface area contributed by atoms with Crippen LogP contribution >= 0.6 is 0 Å². The summed E-state index contributed by atoms with van der Waals surface area (Å²) >= 11 is 0. The van der Waals surface area contributed by atoms with E-state index >= 15 is 0 Å². The molecule has 0 aliphatic heterocycles. The Kier molecular flexibility index (Phi) is 6.16. The quantitative estimate of drug-likeness (QED) is 0.345. The maximum absolute atomic E-state index is 13.0. The van der Waals surface area contributed by atoms with Crippen molar-refractivity contribution >= 4 is 44.2 Å². The largest absolute Gasteiger partial charge is 0.523 e. The highest BCUT2D eigenvalue weighted by molar-refractivity contribution is 7.87. The lowest BCUT2D eigenvalue weighted by Gasteiger charge is -2.26. The highest BCUT2D eigenvalue weighted by Crippen LogP contribution is 2.38. The first-order valence-electron chi connectivity index (χ1n) is 12.6. The molecule has 2 unspecified atom stereocenters. The molecule has 6 rings (SSSR count). The van der Waals surface area contributed by atoms with E-state index in [2.05, 4.69) is 58.9 Å². The second-order valence-corrected chi connectivity index (χ2v) is 11.4. The van der Waals surface area contributed by atoms with Crippen LogP contribution in [0.25, 0.3) is 34.1 Å². The van der Waals surface area contributed by atoms with Crippen molar-refractivity contribution in [2.45, 2.75) is 37.3 Å². The van der Waals surface area contributed by atoms with E-state index in [0.717, 1.165) is 51.6 Å². The number of allylic oxidation sites excluding steroid dienone is 10. The average Bonchev–Trinajstić information content (AvgIpc) is 2.90. The van der Waals surface area contributed by atoms with Crippen molar-refractivity contribution in [2.24, 2.45) is 5.92 Å². The average molecular weight is 535 g/mol. The van der Waals surface area contributed by atoms with Crippen molar-refractivity contribution in [2.75, 3.05) is 0 Å². The Labute approximate surface area is 219 Å². The Morgan fingerprint density at radius 2 is 1.45 bits per heavy atom. The first-order chi connectivity index (χ1) is 18.2. The van der Waals surface area contributed by atoms with Gasteiger partial charge < -0.3 is 0 Å². The molecule has 2 aromatic rings. The Bertz CT molecular complexity index is 1750. The monoisotopic (exact) mass is 534 g/mol. The molecule has 0 saturated heterocycles. The van der Waals surface area contributed by atoms with Crippen molar-refractivity contribution < 1.29 is 25.8 Å². The summed E-state index contributed by atoms with van der Waals surface area (Å²) in [6.45, 7) is 0. The summed E-state index contributed by atoms with van der Waals surface area (Å²) in [4.78, 5) is 0. The fourth-order valence-corrected chi connectivity index (χ4v) is 6.39. The highest BCUT2D eigenvalue weighted by Gasteiger charge is 2.48. The fraction of sp³-hybridized carbons (Fsp3) is 0.226. The van der Waals surface area contributed by atoms with Crippen LogP contribution in [0.2, 0.25) is 0 Å². The molecule has 0 N–H and O–H groups in total. The second kappa shape index (κ2) is 9.40. The zero-order valence-corrected chi connectivity index (χ0v) is 21.2. The minimum Gasteiger partial charge on any atom is -0.255 e. The van der Waals surface area contributed by atoms with Gasteiger partial charge in [0.25, 0.3) is 0 Å². The number of alkyl halides is 3. The smallest absolute Gasteiger partial charge is 0.255 e. The molecule has 38 heavy (non-hydrogen) atoms. The van der Waals surface area contributed by atoms with Gasteiger partial charge >= 0.3 is 15.6 Å². The summed E-state index contributed by atoms with van der Waals surface area (Å²) in [5, 5.41) is 4.22. The van der Waals surface area contributed by atoms with E-state index in [1.165, 1.54) is 22.8 Å². The molecule has 7 heteroatoms. The molecule has 0 heterocycles.